The molecule has 1 fully saturated rings. The summed E-state index contributed by atoms with van der Waals surface area (Å²) in [5.74, 6) is 0.442. The number of halogens is 1. The molecule has 1 aliphatic rings. The molecule has 0 saturated carbocycles. The van der Waals surface area contributed by atoms with Crippen molar-refractivity contribution in [2.75, 3.05) is 43.4 Å². The van der Waals surface area contributed by atoms with Crippen LogP contribution in [0.3, 0.4) is 0 Å². The molecule has 6 rings (SSSR count). The number of hydrogen-bond donors (Lipinski definition) is 2. The van der Waals surface area contributed by atoms with E-state index in [0.29, 0.717) is 34.3 Å². The minimum atomic E-state index is -0.138. The summed E-state index contributed by atoms with van der Waals surface area (Å²) in [5, 5.41) is 4.58. The number of nitrogens with one attached hydrogen (secondary N) is 2. The van der Waals surface area contributed by atoms with E-state index in [4.69, 9.17) is 16.6 Å². The molecule has 0 amide bonds. The van der Waals surface area contributed by atoms with Crippen LogP contribution in [0.5, 0.6) is 0 Å². The van der Waals surface area contributed by atoms with Gasteiger partial charge in [0.25, 0.3) is 5.56 Å². The van der Waals surface area contributed by atoms with Gasteiger partial charge in [0.2, 0.25) is 5.95 Å². The predicted octanol–water partition coefficient (Wildman–Crippen LogP) is 5.62. The van der Waals surface area contributed by atoms with Gasteiger partial charge >= 0.3 is 0 Å². The Morgan fingerprint density at radius 2 is 1.79 bits per heavy atom. The first-order valence-electron chi connectivity index (χ1n) is 13.1. The number of pyridine rings is 1. The second-order valence-electron chi connectivity index (χ2n) is 9.82. The van der Waals surface area contributed by atoms with Crippen molar-refractivity contribution < 1.29 is 0 Å². The number of rotatable bonds is 6. The van der Waals surface area contributed by atoms with Crippen molar-refractivity contribution in [2.24, 2.45) is 0 Å². The molecule has 9 heteroatoms. The van der Waals surface area contributed by atoms with Gasteiger partial charge in [-0.2, -0.15) is 4.98 Å². The summed E-state index contributed by atoms with van der Waals surface area (Å²) < 4.78 is 1.67. The van der Waals surface area contributed by atoms with Gasteiger partial charge in [-0.15, -0.1) is 0 Å². The fourth-order valence-corrected chi connectivity index (χ4v) is 5.35. The van der Waals surface area contributed by atoms with E-state index in [0.717, 1.165) is 48.5 Å². The summed E-state index contributed by atoms with van der Waals surface area (Å²) in [6.07, 6.45) is 3.62. The molecule has 8 nitrogen and oxygen atoms in total. The third-order valence-corrected chi connectivity index (χ3v) is 7.62. The Balaban J connectivity index is 1.29. The number of fused-ring (bicyclic) bond motifs is 1. The summed E-state index contributed by atoms with van der Waals surface area (Å²) in [6.45, 7) is 6.59. The Morgan fingerprint density at radius 3 is 2.49 bits per heavy atom. The highest BCUT2D eigenvalue weighted by atomic mass is 35.5. The molecule has 198 valence electrons. The molecule has 2 aromatic carbocycles. The number of H-pyrrole nitrogens is 1. The molecule has 39 heavy (non-hydrogen) atoms. The zero-order valence-electron chi connectivity index (χ0n) is 22.0. The monoisotopic (exact) mass is 539 g/mol. The van der Waals surface area contributed by atoms with Crippen molar-refractivity contribution >= 4 is 40.0 Å². The highest BCUT2D eigenvalue weighted by Crippen LogP contribution is 2.32. The number of aryl methyl sites for hydroxylation is 1. The molecule has 0 radical (unpaired) electrons. The Morgan fingerprint density at radius 1 is 1.00 bits per heavy atom. The highest BCUT2D eigenvalue weighted by Gasteiger charge is 2.17. The number of piperazine rings is 1. The number of benzene rings is 2. The van der Waals surface area contributed by atoms with Crippen LogP contribution >= 0.6 is 11.6 Å². The summed E-state index contributed by atoms with van der Waals surface area (Å²) in [6, 6.07) is 19.8. The summed E-state index contributed by atoms with van der Waals surface area (Å²) in [7, 11) is 2.16. The maximum absolute atomic E-state index is 13.6. The van der Waals surface area contributed by atoms with Gasteiger partial charge in [0.1, 0.15) is 5.65 Å². The minimum Gasteiger partial charge on any atom is -0.369 e. The van der Waals surface area contributed by atoms with E-state index in [2.05, 4.69) is 44.3 Å². The lowest BCUT2D eigenvalue weighted by atomic mass is 10.0. The van der Waals surface area contributed by atoms with Gasteiger partial charge < -0.3 is 20.1 Å². The topological polar surface area (TPSA) is 82.1 Å². The molecule has 0 unspecified atom stereocenters. The molecule has 0 bridgehead atoms. The van der Waals surface area contributed by atoms with Gasteiger partial charge in [-0.1, -0.05) is 23.7 Å². The van der Waals surface area contributed by atoms with Crippen LogP contribution in [0.15, 0.2) is 77.9 Å². The van der Waals surface area contributed by atoms with Crippen LogP contribution in [0.4, 0.5) is 17.3 Å². The summed E-state index contributed by atoms with van der Waals surface area (Å²) >= 11 is 6.67. The number of likely N-dealkylation sites (N-methyl/N-ethyl adjacent to an activating group) is 1. The second kappa shape index (κ2) is 10.6. The first-order chi connectivity index (χ1) is 19.0. The molecule has 3 aromatic heterocycles. The Kier molecular flexibility index (Phi) is 6.81. The predicted molar refractivity (Wildman–Crippen MR) is 159 cm³/mol. The van der Waals surface area contributed by atoms with Gasteiger partial charge in [0.15, 0.2) is 0 Å². The van der Waals surface area contributed by atoms with Crippen LogP contribution in [0.25, 0.3) is 33.4 Å². The first-order valence-corrected chi connectivity index (χ1v) is 13.5. The van der Waals surface area contributed by atoms with E-state index in [1.165, 1.54) is 5.69 Å². The van der Waals surface area contributed by atoms with Crippen molar-refractivity contribution in [2.45, 2.75) is 13.5 Å². The average Bonchev–Trinajstić information content (AvgIpc) is 3.49. The normalized spacial score (nSPS) is 14.2. The van der Waals surface area contributed by atoms with Crippen LogP contribution in [0.2, 0.25) is 5.02 Å². The molecule has 5 aromatic rings. The van der Waals surface area contributed by atoms with Gasteiger partial charge in [-0.05, 0) is 68.1 Å². The summed E-state index contributed by atoms with van der Waals surface area (Å²) in [4.78, 5) is 30.8. The maximum atomic E-state index is 13.6. The third kappa shape index (κ3) is 5.01. The van der Waals surface area contributed by atoms with Gasteiger partial charge in [-0.3, -0.25) is 9.36 Å². The molecule has 1 aliphatic heterocycles. The molecule has 0 atom stereocenters. The third-order valence-electron chi connectivity index (χ3n) is 7.30. The van der Waals surface area contributed by atoms with Crippen molar-refractivity contribution in [3.63, 3.8) is 0 Å². The lowest BCUT2D eigenvalue weighted by Crippen LogP contribution is -2.44. The maximum Gasteiger partial charge on any atom is 0.260 e. The molecule has 0 spiro atoms. The standard InChI is InChI=1S/C30H30ClN7O/c1-3-38-28-21(17-25(29(38)39)24-11-6-20(18-26(24)31)27-5-4-12-32-27)19-33-30(35-28)34-22-7-9-23(10-8-22)37-15-13-36(2)14-16-37/h4-12,17-19,32H,3,13-16H2,1-2H3,(H,33,34,35). The minimum absolute atomic E-state index is 0.138. The van der Waals surface area contributed by atoms with E-state index in [1.807, 2.05) is 61.7 Å². The van der Waals surface area contributed by atoms with Gasteiger partial charge in [0, 0.05) is 83.7 Å². The Labute approximate surface area is 231 Å². The molecular formula is C30H30ClN7O. The second-order valence-corrected chi connectivity index (χ2v) is 10.2. The van der Waals surface area contributed by atoms with Crippen LogP contribution in [-0.4, -0.2) is 57.6 Å². The summed E-state index contributed by atoms with van der Waals surface area (Å²) in [5.41, 5.74) is 5.68. The molecule has 0 aliphatic carbocycles. The van der Waals surface area contributed by atoms with E-state index in [9.17, 15) is 4.79 Å². The van der Waals surface area contributed by atoms with Gasteiger partial charge in [0.05, 0.1) is 0 Å². The van der Waals surface area contributed by atoms with Crippen LogP contribution < -0.4 is 15.8 Å². The number of hydrogen-bond acceptors (Lipinski definition) is 6. The lowest BCUT2D eigenvalue weighted by molar-refractivity contribution is 0.313. The van der Waals surface area contributed by atoms with Crippen LogP contribution in [-0.2, 0) is 6.54 Å². The molecule has 1 saturated heterocycles. The van der Waals surface area contributed by atoms with Crippen molar-refractivity contribution in [1.82, 2.24) is 24.4 Å². The van der Waals surface area contributed by atoms with E-state index in [1.54, 1.807) is 10.8 Å². The quantitative estimate of drug-likeness (QED) is 0.291. The van der Waals surface area contributed by atoms with E-state index >= 15 is 0 Å². The molecule has 2 N–H and O–H groups in total. The zero-order valence-corrected chi connectivity index (χ0v) is 22.7. The van der Waals surface area contributed by atoms with Crippen LogP contribution in [0, 0.1) is 0 Å². The smallest absolute Gasteiger partial charge is 0.260 e. The fraction of sp³-hybridized carbons (Fsp3) is 0.233. The number of aromatic amines is 1. The Bertz CT molecular complexity index is 1670. The number of anilines is 3. The average molecular weight is 540 g/mol. The molecular weight excluding hydrogens is 510 g/mol. The van der Waals surface area contributed by atoms with Crippen molar-refractivity contribution in [3.05, 3.63) is 88.4 Å². The lowest BCUT2D eigenvalue weighted by Gasteiger charge is -2.34. The number of nitrogens with zero attached hydrogens (tertiary/aromatic N) is 5. The fourth-order valence-electron chi connectivity index (χ4n) is 5.07. The van der Waals surface area contributed by atoms with Crippen molar-refractivity contribution in [3.8, 4) is 22.4 Å². The van der Waals surface area contributed by atoms with Crippen molar-refractivity contribution in [1.29, 1.82) is 0 Å². The largest absolute Gasteiger partial charge is 0.369 e. The van der Waals surface area contributed by atoms with E-state index < -0.39 is 0 Å². The SMILES string of the molecule is CCn1c(=O)c(-c2ccc(-c3ccc[nH]3)cc2Cl)cc2cnc(Nc3ccc(N4CCN(C)CC4)cc3)nc21. The number of aromatic nitrogens is 4. The van der Waals surface area contributed by atoms with E-state index in [-0.39, 0.29) is 5.56 Å². The molecule has 4 heterocycles. The van der Waals surface area contributed by atoms with Gasteiger partial charge in [-0.25, -0.2) is 4.98 Å². The zero-order chi connectivity index (χ0) is 26.9. The Hall–Kier alpha value is -4.14. The highest BCUT2D eigenvalue weighted by molar-refractivity contribution is 6.33. The first kappa shape index (κ1) is 25.2. The van der Waals surface area contributed by atoms with Crippen LogP contribution in [0.1, 0.15) is 6.92 Å².